The average molecular weight is 187 g/mol. The first kappa shape index (κ1) is 8.56. The van der Waals surface area contributed by atoms with E-state index in [1.54, 1.807) is 0 Å². The molecular formula is C9H8F3N. The van der Waals surface area contributed by atoms with Gasteiger partial charge in [-0.25, -0.2) is 13.2 Å². The van der Waals surface area contributed by atoms with Crippen LogP contribution in [0.4, 0.5) is 13.2 Å². The Morgan fingerprint density at radius 3 is 2.15 bits per heavy atom. The van der Waals surface area contributed by atoms with E-state index in [4.69, 9.17) is 5.73 Å². The van der Waals surface area contributed by atoms with Gasteiger partial charge in [-0.1, -0.05) is 0 Å². The van der Waals surface area contributed by atoms with E-state index < -0.39 is 17.5 Å². The second kappa shape index (κ2) is 2.73. The summed E-state index contributed by atoms with van der Waals surface area (Å²) in [5.74, 6) is -3.03. The molecule has 2 rings (SSSR count). The lowest BCUT2D eigenvalue weighted by Crippen LogP contribution is -2.03. The van der Waals surface area contributed by atoms with Crippen LogP contribution < -0.4 is 5.73 Å². The van der Waals surface area contributed by atoms with Crippen molar-refractivity contribution in [3.63, 3.8) is 0 Å². The van der Waals surface area contributed by atoms with Crippen LogP contribution in [0.2, 0.25) is 0 Å². The van der Waals surface area contributed by atoms with Gasteiger partial charge in [-0.3, -0.25) is 0 Å². The van der Waals surface area contributed by atoms with Gasteiger partial charge in [-0.2, -0.15) is 0 Å². The molecule has 1 aromatic carbocycles. The van der Waals surface area contributed by atoms with E-state index in [0.29, 0.717) is 12.5 Å². The molecule has 1 nitrogen and oxygen atoms in total. The summed E-state index contributed by atoms with van der Waals surface area (Å²) in [6.07, 6.45) is 0.641. The predicted molar refractivity (Wildman–Crippen MR) is 41.6 cm³/mol. The van der Waals surface area contributed by atoms with Gasteiger partial charge < -0.3 is 5.73 Å². The summed E-state index contributed by atoms with van der Waals surface area (Å²) in [6.45, 7) is 0. The Morgan fingerprint density at radius 2 is 1.62 bits per heavy atom. The number of hydrogen-bond donors (Lipinski definition) is 1. The van der Waals surface area contributed by atoms with Gasteiger partial charge in [0.1, 0.15) is 5.82 Å². The minimum absolute atomic E-state index is 0.112. The highest BCUT2D eigenvalue weighted by molar-refractivity contribution is 5.30. The molecule has 1 aliphatic rings. The van der Waals surface area contributed by atoms with Crippen LogP contribution in [-0.2, 0) is 0 Å². The van der Waals surface area contributed by atoms with Crippen LogP contribution in [-0.4, -0.2) is 6.04 Å². The molecule has 0 saturated heterocycles. The lowest BCUT2D eigenvalue weighted by Gasteiger charge is -2.01. The summed E-state index contributed by atoms with van der Waals surface area (Å²) in [7, 11) is 0. The topological polar surface area (TPSA) is 26.0 Å². The second-order valence-corrected chi connectivity index (χ2v) is 3.29. The zero-order chi connectivity index (χ0) is 9.59. The summed E-state index contributed by atoms with van der Waals surface area (Å²) in [5, 5.41) is 0. The number of benzene rings is 1. The van der Waals surface area contributed by atoms with Crippen LogP contribution in [0.5, 0.6) is 0 Å². The van der Waals surface area contributed by atoms with E-state index in [1.807, 2.05) is 0 Å². The molecule has 4 heteroatoms. The van der Waals surface area contributed by atoms with E-state index in [9.17, 15) is 13.2 Å². The van der Waals surface area contributed by atoms with Gasteiger partial charge in [0.2, 0.25) is 0 Å². The minimum atomic E-state index is -1.16. The molecule has 2 unspecified atom stereocenters. The van der Waals surface area contributed by atoms with Crippen molar-refractivity contribution in [3.8, 4) is 0 Å². The molecule has 1 saturated carbocycles. The molecule has 0 radical (unpaired) electrons. The minimum Gasteiger partial charge on any atom is -0.327 e. The second-order valence-electron chi connectivity index (χ2n) is 3.29. The number of hydrogen-bond acceptors (Lipinski definition) is 1. The highest BCUT2D eigenvalue weighted by Crippen LogP contribution is 2.40. The molecule has 0 aliphatic heterocycles. The molecule has 13 heavy (non-hydrogen) atoms. The van der Waals surface area contributed by atoms with Gasteiger partial charge in [0, 0.05) is 18.0 Å². The third-order valence-corrected chi connectivity index (χ3v) is 2.28. The Morgan fingerprint density at radius 1 is 1.08 bits per heavy atom. The van der Waals surface area contributed by atoms with Crippen molar-refractivity contribution in [3.05, 3.63) is 35.1 Å². The normalized spacial score (nSPS) is 26.2. The Labute approximate surface area is 73.4 Å². The van der Waals surface area contributed by atoms with Crippen molar-refractivity contribution in [1.82, 2.24) is 0 Å². The molecule has 0 bridgehead atoms. The quantitative estimate of drug-likeness (QED) is 0.668. The van der Waals surface area contributed by atoms with Gasteiger partial charge in [-0.05, 0) is 18.1 Å². The molecule has 0 aromatic heterocycles. The van der Waals surface area contributed by atoms with Gasteiger partial charge in [-0.15, -0.1) is 0 Å². The van der Waals surface area contributed by atoms with Crippen LogP contribution in [0, 0.1) is 17.5 Å². The molecular weight excluding hydrogens is 179 g/mol. The molecule has 70 valence electrons. The Kier molecular flexibility index (Phi) is 1.80. The molecule has 0 spiro atoms. The van der Waals surface area contributed by atoms with Crippen molar-refractivity contribution in [2.24, 2.45) is 5.73 Å². The summed E-state index contributed by atoms with van der Waals surface area (Å²) in [6, 6.07) is 1.34. The molecule has 2 atom stereocenters. The highest BCUT2D eigenvalue weighted by Gasteiger charge is 2.37. The Bertz CT molecular complexity index is 351. The van der Waals surface area contributed by atoms with Crippen molar-refractivity contribution < 1.29 is 13.2 Å². The van der Waals surface area contributed by atoms with Gasteiger partial charge in [0.15, 0.2) is 11.6 Å². The van der Waals surface area contributed by atoms with Gasteiger partial charge in [0.05, 0.1) is 0 Å². The highest BCUT2D eigenvalue weighted by atomic mass is 19.2. The van der Waals surface area contributed by atoms with Crippen LogP contribution in [0.1, 0.15) is 17.9 Å². The maximum Gasteiger partial charge on any atom is 0.161 e. The largest absolute Gasteiger partial charge is 0.327 e. The molecule has 1 fully saturated rings. The van der Waals surface area contributed by atoms with Gasteiger partial charge >= 0.3 is 0 Å². The fourth-order valence-electron chi connectivity index (χ4n) is 1.39. The first-order chi connectivity index (χ1) is 6.09. The first-order valence-electron chi connectivity index (χ1n) is 3.99. The standard InChI is InChI=1S/C9H8F3N/c10-6-3-8(12)7(11)1-4(6)5-2-9(5)13/h1,3,5,9H,2,13H2. The summed E-state index contributed by atoms with van der Waals surface area (Å²) < 4.78 is 38.2. The number of rotatable bonds is 1. The van der Waals surface area contributed by atoms with E-state index in [0.717, 1.165) is 6.07 Å². The van der Waals surface area contributed by atoms with E-state index in [2.05, 4.69) is 0 Å². The maximum atomic E-state index is 13.0. The van der Waals surface area contributed by atoms with Crippen LogP contribution in [0.25, 0.3) is 0 Å². The van der Waals surface area contributed by atoms with E-state index >= 15 is 0 Å². The zero-order valence-electron chi connectivity index (χ0n) is 6.73. The number of halogens is 3. The smallest absolute Gasteiger partial charge is 0.161 e. The monoisotopic (exact) mass is 187 g/mol. The average Bonchev–Trinajstić information content (AvgIpc) is 2.75. The third kappa shape index (κ3) is 1.42. The van der Waals surface area contributed by atoms with Crippen molar-refractivity contribution in [1.29, 1.82) is 0 Å². The first-order valence-corrected chi connectivity index (χ1v) is 3.99. The lowest BCUT2D eigenvalue weighted by atomic mass is 10.1. The molecule has 2 N–H and O–H groups in total. The molecule has 1 aromatic rings. The fourth-order valence-corrected chi connectivity index (χ4v) is 1.39. The zero-order valence-corrected chi connectivity index (χ0v) is 6.73. The third-order valence-electron chi connectivity index (χ3n) is 2.28. The fraction of sp³-hybridized carbons (Fsp3) is 0.333. The molecule has 0 amide bonds. The summed E-state index contributed by atoms with van der Waals surface area (Å²) in [4.78, 5) is 0. The predicted octanol–water partition coefficient (Wildman–Crippen LogP) is 1.92. The molecule has 0 heterocycles. The van der Waals surface area contributed by atoms with E-state index in [-0.39, 0.29) is 17.5 Å². The van der Waals surface area contributed by atoms with E-state index in [1.165, 1.54) is 0 Å². The lowest BCUT2D eigenvalue weighted by molar-refractivity contribution is 0.490. The number of nitrogens with two attached hydrogens (primary N) is 1. The van der Waals surface area contributed by atoms with Gasteiger partial charge in [0.25, 0.3) is 0 Å². The van der Waals surface area contributed by atoms with Crippen LogP contribution in [0.3, 0.4) is 0 Å². The van der Waals surface area contributed by atoms with Crippen molar-refractivity contribution in [2.45, 2.75) is 18.4 Å². The summed E-state index contributed by atoms with van der Waals surface area (Å²) in [5.41, 5.74) is 5.66. The summed E-state index contributed by atoms with van der Waals surface area (Å²) >= 11 is 0. The maximum absolute atomic E-state index is 13.0. The van der Waals surface area contributed by atoms with Crippen molar-refractivity contribution in [2.75, 3.05) is 0 Å². The van der Waals surface area contributed by atoms with Crippen LogP contribution >= 0.6 is 0 Å². The van der Waals surface area contributed by atoms with Crippen molar-refractivity contribution >= 4 is 0 Å². The van der Waals surface area contributed by atoms with Crippen LogP contribution in [0.15, 0.2) is 12.1 Å². The Hall–Kier alpha value is -1.03. The Balaban J connectivity index is 2.41. The molecule has 1 aliphatic carbocycles. The SMILES string of the molecule is NC1CC1c1cc(F)c(F)cc1F.